The van der Waals surface area contributed by atoms with Crippen molar-refractivity contribution in [3.05, 3.63) is 40.2 Å². The number of H-pyrrole nitrogens is 1. The van der Waals surface area contributed by atoms with Crippen LogP contribution in [0, 0.1) is 19.3 Å². The van der Waals surface area contributed by atoms with Gasteiger partial charge in [-0.2, -0.15) is 5.10 Å². The number of rotatable bonds is 5. The van der Waals surface area contributed by atoms with Crippen LogP contribution < -0.4 is 0 Å². The number of aromatic nitrogens is 4. The van der Waals surface area contributed by atoms with Crippen molar-refractivity contribution >= 4 is 33.0 Å². The van der Waals surface area contributed by atoms with Crippen LogP contribution in [0.1, 0.15) is 73.4 Å². The second-order valence-corrected chi connectivity index (χ2v) is 12.1. The zero-order valence-corrected chi connectivity index (χ0v) is 21.6. The SMILES string of the molecule is CC(=O)CN1CCC2(CC(c3sc4[nH]c(-c5cc(C)c6ncnn6c5)c(C(C)C)c4c3C)C2)C1. The smallest absolute Gasteiger partial charge is 0.158 e. The lowest BCUT2D eigenvalue weighted by atomic mass is 9.60. The monoisotopic (exact) mass is 475 g/mol. The largest absolute Gasteiger partial charge is 0.346 e. The number of carbonyl (C=O) groups is 1. The Morgan fingerprint density at radius 1 is 1.32 bits per heavy atom. The summed E-state index contributed by atoms with van der Waals surface area (Å²) in [6, 6.07) is 2.23. The number of pyridine rings is 1. The van der Waals surface area contributed by atoms with Gasteiger partial charge in [0, 0.05) is 28.6 Å². The van der Waals surface area contributed by atoms with E-state index in [4.69, 9.17) is 0 Å². The van der Waals surface area contributed by atoms with Crippen LogP contribution in [0.25, 0.3) is 27.1 Å². The number of aromatic amines is 1. The maximum Gasteiger partial charge on any atom is 0.158 e. The molecular formula is C27H33N5OS. The van der Waals surface area contributed by atoms with Gasteiger partial charge in [-0.1, -0.05) is 13.8 Å². The number of nitrogens with one attached hydrogen (secondary N) is 1. The van der Waals surface area contributed by atoms with E-state index in [-0.39, 0.29) is 5.78 Å². The minimum absolute atomic E-state index is 0.284. The highest BCUT2D eigenvalue weighted by Crippen LogP contribution is 2.58. The highest BCUT2D eigenvalue weighted by atomic mass is 32.1. The van der Waals surface area contributed by atoms with Crippen LogP contribution in [0.15, 0.2) is 18.6 Å². The second-order valence-electron chi connectivity index (χ2n) is 11.1. The molecule has 1 spiro atoms. The zero-order valence-electron chi connectivity index (χ0n) is 20.7. The molecule has 1 aliphatic heterocycles. The summed E-state index contributed by atoms with van der Waals surface area (Å²) in [5.41, 5.74) is 7.74. The van der Waals surface area contributed by atoms with Gasteiger partial charge >= 0.3 is 0 Å². The molecule has 1 saturated heterocycles. The van der Waals surface area contributed by atoms with Gasteiger partial charge in [-0.25, -0.2) is 9.50 Å². The number of Topliss-reactive ketones (excluding diaryl/α,β-unsaturated/α-hetero) is 1. The molecule has 0 aromatic carbocycles. The first-order chi connectivity index (χ1) is 16.2. The highest BCUT2D eigenvalue weighted by Gasteiger charge is 2.49. The van der Waals surface area contributed by atoms with E-state index in [2.05, 4.69) is 59.9 Å². The van der Waals surface area contributed by atoms with Gasteiger partial charge in [0.05, 0.1) is 12.2 Å². The maximum atomic E-state index is 11.6. The van der Waals surface area contributed by atoms with E-state index in [9.17, 15) is 4.79 Å². The number of aryl methyl sites for hydroxylation is 2. The third-order valence-corrected chi connectivity index (χ3v) is 9.45. The lowest BCUT2D eigenvalue weighted by Gasteiger charge is -2.45. The van der Waals surface area contributed by atoms with Crippen LogP contribution in [-0.4, -0.2) is 49.9 Å². The van der Waals surface area contributed by atoms with Gasteiger partial charge < -0.3 is 4.98 Å². The van der Waals surface area contributed by atoms with Crippen molar-refractivity contribution in [3.63, 3.8) is 0 Å². The van der Waals surface area contributed by atoms with Crippen molar-refractivity contribution in [1.29, 1.82) is 0 Å². The van der Waals surface area contributed by atoms with Gasteiger partial charge in [0.1, 0.15) is 16.9 Å². The van der Waals surface area contributed by atoms with E-state index in [1.54, 1.807) is 18.1 Å². The molecule has 2 aliphatic rings. The quantitative estimate of drug-likeness (QED) is 0.394. The van der Waals surface area contributed by atoms with E-state index < -0.39 is 0 Å². The molecule has 1 N–H and O–H groups in total. The molecule has 0 amide bonds. The van der Waals surface area contributed by atoms with E-state index in [1.165, 1.54) is 51.9 Å². The Labute approximate surface area is 204 Å². The molecule has 1 aliphatic carbocycles. The molecule has 4 aromatic rings. The van der Waals surface area contributed by atoms with E-state index >= 15 is 0 Å². The standard InChI is InChI=1S/C27H33N5OS/c1-15(2)21-22-18(5)24(20-9-27(10-20)6-7-31(13-27)11-17(4)33)34-26(22)30-23(21)19-8-16(3)25-28-14-29-32(25)12-19/h8,12,14-15,20,30H,6-7,9-11,13H2,1-5H3. The van der Waals surface area contributed by atoms with Crippen LogP contribution in [0.5, 0.6) is 0 Å². The summed E-state index contributed by atoms with van der Waals surface area (Å²) in [5, 5.41) is 5.81. The first-order valence-corrected chi connectivity index (χ1v) is 13.2. The van der Waals surface area contributed by atoms with Crippen LogP contribution in [0.3, 0.4) is 0 Å². The number of nitrogens with zero attached hydrogens (tertiary/aromatic N) is 4. The molecule has 4 aromatic heterocycles. The normalized spacial score (nSPS) is 23.1. The van der Waals surface area contributed by atoms with Gasteiger partial charge in [0.25, 0.3) is 0 Å². The number of hydrogen-bond acceptors (Lipinski definition) is 5. The molecule has 0 unspecified atom stereocenters. The number of thiophene rings is 1. The fraction of sp³-hybridized carbons (Fsp3) is 0.519. The number of ketones is 1. The fourth-order valence-corrected chi connectivity index (χ4v) is 7.98. The number of fused-ring (bicyclic) bond motifs is 2. The summed E-state index contributed by atoms with van der Waals surface area (Å²) in [6.45, 7) is 13.5. The van der Waals surface area contributed by atoms with Crippen molar-refractivity contribution in [3.8, 4) is 11.3 Å². The molecule has 0 bridgehead atoms. The number of hydrogen-bond donors (Lipinski definition) is 1. The van der Waals surface area contributed by atoms with Gasteiger partial charge in [-0.3, -0.25) is 9.69 Å². The summed E-state index contributed by atoms with van der Waals surface area (Å²) in [5.74, 6) is 1.35. The number of carbonyl (C=O) groups excluding carboxylic acids is 1. The van der Waals surface area contributed by atoms with Gasteiger partial charge in [0.2, 0.25) is 0 Å². The maximum absolute atomic E-state index is 11.6. The predicted molar refractivity (Wildman–Crippen MR) is 138 cm³/mol. The summed E-state index contributed by atoms with van der Waals surface area (Å²) >= 11 is 1.96. The first kappa shape index (κ1) is 22.0. The first-order valence-electron chi connectivity index (χ1n) is 12.4. The summed E-state index contributed by atoms with van der Waals surface area (Å²) in [6.07, 6.45) is 7.48. The average molecular weight is 476 g/mol. The molecule has 34 heavy (non-hydrogen) atoms. The molecular weight excluding hydrogens is 442 g/mol. The van der Waals surface area contributed by atoms with Crippen molar-refractivity contribution in [2.24, 2.45) is 5.41 Å². The average Bonchev–Trinajstić information content (AvgIpc) is 3.49. The van der Waals surface area contributed by atoms with Gasteiger partial charge in [0.15, 0.2) is 5.65 Å². The summed E-state index contributed by atoms with van der Waals surface area (Å²) in [4.78, 5) is 25.0. The third-order valence-electron chi connectivity index (χ3n) is 8.08. The summed E-state index contributed by atoms with van der Waals surface area (Å²) in [7, 11) is 0. The lowest BCUT2D eigenvalue weighted by molar-refractivity contribution is -0.118. The Hall–Kier alpha value is -2.51. The second kappa shape index (κ2) is 7.75. The molecule has 7 heteroatoms. The predicted octanol–water partition coefficient (Wildman–Crippen LogP) is 5.84. The Morgan fingerprint density at radius 2 is 2.12 bits per heavy atom. The number of likely N-dealkylation sites (tertiary alicyclic amines) is 1. The highest BCUT2D eigenvalue weighted by molar-refractivity contribution is 7.19. The Bertz CT molecular complexity index is 1420. The molecule has 6 rings (SSSR count). The molecule has 6 nitrogen and oxygen atoms in total. The van der Waals surface area contributed by atoms with Crippen molar-refractivity contribution in [1.82, 2.24) is 24.5 Å². The Morgan fingerprint density at radius 3 is 2.85 bits per heavy atom. The molecule has 178 valence electrons. The molecule has 0 radical (unpaired) electrons. The van der Waals surface area contributed by atoms with Gasteiger partial charge in [-0.15, -0.1) is 11.3 Å². The van der Waals surface area contributed by atoms with Crippen LogP contribution in [0.4, 0.5) is 0 Å². The van der Waals surface area contributed by atoms with E-state index in [0.29, 0.717) is 23.8 Å². The molecule has 2 fully saturated rings. The molecule has 1 saturated carbocycles. The molecule has 5 heterocycles. The van der Waals surface area contributed by atoms with Crippen molar-refractivity contribution < 1.29 is 4.79 Å². The summed E-state index contributed by atoms with van der Waals surface area (Å²) < 4.78 is 1.88. The van der Waals surface area contributed by atoms with Crippen molar-refractivity contribution in [2.45, 2.75) is 65.7 Å². The van der Waals surface area contributed by atoms with Gasteiger partial charge in [-0.05, 0) is 86.6 Å². The Kier molecular flexibility index (Phi) is 5.01. The molecule has 0 atom stereocenters. The van der Waals surface area contributed by atoms with E-state index in [1.807, 2.05) is 15.9 Å². The van der Waals surface area contributed by atoms with Crippen LogP contribution in [0.2, 0.25) is 0 Å². The minimum Gasteiger partial charge on any atom is -0.346 e. The fourth-order valence-electron chi connectivity index (χ4n) is 6.66. The topological polar surface area (TPSA) is 66.3 Å². The minimum atomic E-state index is 0.284. The van der Waals surface area contributed by atoms with Crippen LogP contribution >= 0.6 is 11.3 Å². The Balaban J connectivity index is 1.33. The van der Waals surface area contributed by atoms with Crippen molar-refractivity contribution in [2.75, 3.05) is 19.6 Å². The lowest BCUT2D eigenvalue weighted by Crippen LogP contribution is -2.39. The van der Waals surface area contributed by atoms with E-state index in [0.717, 1.165) is 24.3 Å². The zero-order chi connectivity index (χ0) is 23.8. The van der Waals surface area contributed by atoms with Crippen LogP contribution in [-0.2, 0) is 4.79 Å². The third kappa shape index (κ3) is 3.35.